The van der Waals surface area contributed by atoms with Crippen LogP contribution in [0, 0.1) is 0 Å². The lowest BCUT2D eigenvalue weighted by atomic mass is 9.91. The fourth-order valence-electron chi connectivity index (χ4n) is 12.2. The van der Waals surface area contributed by atoms with E-state index in [2.05, 4.69) is 68.8 Å². The van der Waals surface area contributed by atoms with Crippen molar-refractivity contribution in [2.75, 3.05) is 37.7 Å². The van der Waals surface area contributed by atoms with Crippen LogP contribution >= 0.6 is 11.8 Å². The molecule has 0 aliphatic carbocycles. The summed E-state index contributed by atoms with van der Waals surface area (Å²) in [6, 6.07) is 7.97. The maximum atomic E-state index is 15.6. The first-order chi connectivity index (χ1) is 54.1. The van der Waals surface area contributed by atoms with E-state index >= 15 is 19.2 Å². The number of nitrogens with two attached hydrogens (primary N) is 5. The lowest BCUT2D eigenvalue weighted by Crippen LogP contribution is -2.64. The van der Waals surface area contributed by atoms with Crippen molar-refractivity contribution >= 4 is 128 Å². The van der Waals surface area contributed by atoms with E-state index in [-0.39, 0.29) is 64.0 Å². The van der Waals surface area contributed by atoms with Crippen LogP contribution in [0.15, 0.2) is 97.2 Å². The molecule has 0 spiro atoms. The molecule has 26 N–H and O–H groups in total. The summed E-state index contributed by atoms with van der Waals surface area (Å²) in [6.45, 7) is 4.28. The van der Waals surface area contributed by atoms with Crippen LogP contribution < -0.4 is 97.2 Å². The van der Waals surface area contributed by atoms with Gasteiger partial charge in [0.05, 0.1) is 25.2 Å². The smallest absolute Gasteiger partial charge is 0.303 e. The fraction of sp³-hybridized carbons (Fsp3) is 0.467. The van der Waals surface area contributed by atoms with Crippen LogP contribution in [0.1, 0.15) is 102 Å². The number of carbonyl (C=O) groups is 16. The zero-order valence-corrected chi connectivity index (χ0v) is 64.3. The summed E-state index contributed by atoms with van der Waals surface area (Å²) in [5.74, 6) is -17.6. The topological polar surface area (TPSA) is 633 Å². The normalized spacial score (nSPS) is 19.4. The Morgan fingerprint density at radius 3 is 1.87 bits per heavy atom. The summed E-state index contributed by atoms with van der Waals surface area (Å²) < 4.78 is 5.71. The number of rotatable bonds is 37. The van der Waals surface area contributed by atoms with Crippen molar-refractivity contribution in [1.82, 2.24) is 68.8 Å². The zero-order chi connectivity index (χ0) is 83.9. The number of carboxylic acid groups (broad SMARTS) is 1. The molecular weight excluding hydrogens is 1500 g/mol. The number of thioether (sulfide) groups is 1. The Morgan fingerprint density at radius 1 is 0.623 bits per heavy atom. The van der Waals surface area contributed by atoms with Crippen molar-refractivity contribution in [2.24, 2.45) is 28.7 Å². The summed E-state index contributed by atoms with van der Waals surface area (Å²) in [7, 11) is 0. The Labute approximate surface area is 659 Å². The summed E-state index contributed by atoms with van der Waals surface area (Å²) >= 11 is 0.918. The van der Waals surface area contributed by atoms with E-state index in [1.807, 2.05) is 6.07 Å². The number of aromatic amines is 1. The van der Waals surface area contributed by atoms with Gasteiger partial charge in [-0.1, -0.05) is 72.8 Å². The van der Waals surface area contributed by atoms with Gasteiger partial charge in [0.15, 0.2) is 0 Å². The number of ether oxygens (including phenoxy) is 1. The van der Waals surface area contributed by atoms with Gasteiger partial charge in [0.25, 0.3) is 0 Å². The molecule has 6 rings (SSSR count). The van der Waals surface area contributed by atoms with Gasteiger partial charge in [0, 0.05) is 68.4 Å². The van der Waals surface area contributed by atoms with Crippen LogP contribution in [-0.2, 0) is 96.0 Å². The summed E-state index contributed by atoms with van der Waals surface area (Å²) in [5.41, 5.74) is 27.6. The van der Waals surface area contributed by atoms with E-state index in [0.29, 0.717) is 38.7 Å². The standard InChI is InChI=1S/C75H102N18O20S/c1-39(94)62-72(110)88-55(34-46-36-81-49-14-8-7-13-48(46)49)69(107)84-50(21-23-58(78)97)65(103)89-57(38-114-30-25-52(83-41(3)96)67(105)91-63(40(2)95)73(111)92-62)70(108)85-53(32-42-16-19-47(20-17-42)113-29-28-77)68(106)86-54(33-43-15-18-44-11-5-6-12-45(44)31-43)71(109)93-75(4,26-9-10-27-76)74(112)90-51(22-24-61(100)101)66(104)87-56(35-59(79)98)64(102)82-37-60(80)99/h5-8,11-20,31,36,39-40,50-57,62-63,81,94-95H,9-10,21-30,32-35,37-38,76-77H2,1-4H3,(H2,78,97)(H2,79,98)(H2,80,99)(H,82,102)(H,83,96)(H,84,107)(H,85,108)(H,86,106)(H,87,104)(H,88,110)(H,89,103)(H,90,112)(H,91,105)(H,92,111)(H,93,109)(H,100,101)/t39-,40-,50+,51+,52+,53+,54+,55+,56+,57+,62+,63+,75+/m1/s1. The number of carbonyl (C=O) groups excluding carboxylic acids is 15. The number of aliphatic hydroxyl groups is 2. The number of H-pyrrole nitrogens is 1. The van der Waals surface area contributed by atoms with Gasteiger partial charge in [-0.2, -0.15) is 11.8 Å². The fourth-order valence-corrected chi connectivity index (χ4v) is 13.3. The second-order valence-corrected chi connectivity index (χ2v) is 28.9. The average molecular weight is 1610 g/mol. The number of benzene rings is 4. The molecule has 5 aromatic rings. The number of amides is 15. The third-order valence-electron chi connectivity index (χ3n) is 18.4. The van der Waals surface area contributed by atoms with Gasteiger partial charge < -0.3 is 118 Å². The Balaban J connectivity index is 1.46. The highest BCUT2D eigenvalue weighted by molar-refractivity contribution is 7.99. The Hall–Kier alpha value is -11.8. The molecule has 0 bridgehead atoms. The molecule has 618 valence electrons. The van der Waals surface area contributed by atoms with Crippen LogP contribution in [-0.4, -0.2) is 231 Å². The third kappa shape index (κ3) is 28.7. The number of carboxylic acids is 1. The number of hydrogen-bond acceptors (Lipinski definition) is 22. The minimum absolute atomic E-state index is 0.0915. The lowest BCUT2D eigenvalue weighted by Gasteiger charge is -2.34. The molecule has 1 fully saturated rings. The van der Waals surface area contributed by atoms with Crippen molar-refractivity contribution < 1.29 is 96.8 Å². The number of hydrogen-bond donors (Lipinski definition) is 21. The number of fused-ring (bicyclic) bond motifs is 2. The van der Waals surface area contributed by atoms with E-state index in [1.54, 1.807) is 91.1 Å². The molecule has 1 aliphatic rings. The molecular formula is C75H102N18O20S. The van der Waals surface area contributed by atoms with Crippen LogP contribution in [0.25, 0.3) is 21.7 Å². The summed E-state index contributed by atoms with van der Waals surface area (Å²) in [4.78, 5) is 226. The highest BCUT2D eigenvalue weighted by Crippen LogP contribution is 2.24. The molecule has 38 nitrogen and oxygen atoms in total. The number of nitrogens with one attached hydrogen (secondary N) is 13. The van der Waals surface area contributed by atoms with Crippen LogP contribution in [0.5, 0.6) is 5.75 Å². The summed E-state index contributed by atoms with van der Waals surface area (Å²) in [5, 5.41) is 63.8. The van der Waals surface area contributed by atoms with Gasteiger partial charge in [-0.3, -0.25) is 76.7 Å². The second kappa shape index (κ2) is 44.4. The van der Waals surface area contributed by atoms with Gasteiger partial charge in [-0.15, -0.1) is 0 Å². The Bertz CT molecular complexity index is 4280. The molecule has 39 heteroatoms. The molecule has 0 saturated carbocycles. The monoisotopic (exact) mass is 1610 g/mol. The number of aromatic nitrogens is 1. The van der Waals surface area contributed by atoms with E-state index in [1.165, 1.54) is 6.92 Å². The van der Waals surface area contributed by atoms with Crippen LogP contribution in [0.2, 0.25) is 0 Å². The average Bonchev–Trinajstić information content (AvgIpc) is 1.71. The molecule has 0 unspecified atom stereocenters. The van der Waals surface area contributed by atoms with Gasteiger partial charge >= 0.3 is 5.97 Å². The zero-order valence-electron chi connectivity index (χ0n) is 63.5. The minimum Gasteiger partial charge on any atom is -0.492 e. The van der Waals surface area contributed by atoms with Crippen molar-refractivity contribution in [2.45, 2.75) is 183 Å². The molecule has 4 aromatic carbocycles. The van der Waals surface area contributed by atoms with E-state index in [0.717, 1.165) is 37.9 Å². The molecule has 1 saturated heterocycles. The first kappa shape index (κ1) is 91.1. The SMILES string of the molecule is CC(=O)N[C@H]1CCSC[C@@H](C(=O)N[C@@H](Cc2ccc(OCCN)cc2)C(=O)N[C@@H](Cc2ccc3ccccc3c2)C(=O)N[C@@](C)(CCCCN)C(=O)N[C@@H](CCC(=O)O)C(=O)N[C@@H](CC(N)=O)C(=O)NCC(N)=O)NC(=O)[C@H](CCC(N)=O)NC(=O)[C@H](Cc2c[nH]c3ccccc23)NC(=O)[C@H]([C@@H](C)O)NC(=O)[C@H]([C@@H](C)O)NC1=O. The van der Waals surface area contributed by atoms with Crippen molar-refractivity contribution in [1.29, 1.82) is 0 Å². The Morgan fingerprint density at radius 2 is 1.23 bits per heavy atom. The molecule has 114 heavy (non-hydrogen) atoms. The van der Waals surface area contributed by atoms with Gasteiger partial charge in [-0.25, -0.2) is 0 Å². The quantitative estimate of drug-likeness (QED) is 0.0166. The van der Waals surface area contributed by atoms with Crippen molar-refractivity contribution in [3.63, 3.8) is 0 Å². The third-order valence-corrected chi connectivity index (χ3v) is 19.5. The number of primary amides is 3. The first-order valence-electron chi connectivity index (χ1n) is 36.8. The lowest BCUT2D eigenvalue weighted by molar-refractivity contribution is -0.140. The van der Waals surface area contributed by atoms with Gasteiger partial charge in [-0.05, 0) is 117 Å². The number of unbranched alkanes of at least 4 members (excludes halogenated alkanes) is 1. The van der Waals surface area contributed by atoms with E-state index < -0.39 is 224 Å². The maximum absolute atomic E-state index is 15.6. The van der Waals surface area contributed by atoms with Crippen LogP contribution in [0.4, 0.5) is 0 Å². The molecule has 15 amide bonds. The second-order valence-electron chi connectivity index (χ2n) is 27.8. The minimum atomic E-state index is -2.09. The number of aliphatic hydroxyl groups excluding tert-OH is 2. The molecule has 0 radical (unpaired) electrons. The van der Waals surface area contributed by atoms with E-state index in [9.17, 15) is 72.9 Å². The molecule has 2 heterocycles. The van der Waals surface area contributed by atoms with Crippen LogP contribution in [0.3, 0.4) is 0 Å². The Kier molecular flexibility index (Phi) is 35.5. The highest BCUT2D eigenvalue weighted by Gasteiger charge is 2.42. The van der Waals surface area contributed by atoms with Crippen molar-refractivity contribution in [3.05, 3.63) is 114 Å². The van der Waals surface area contributed by atoms with Crippen molar-refractivity contribution in [3.8, 4) is 5.75 Å². The predicted molar refractivity (Wildman–Crippen MR) is 415 cm³/mol. The maximum Gasteiger partial charge on any atom is 0.303 e. The predicted octanol–water partition coefficient (Wildman–Crippen LogP) is -4.94. The van der Waals surface area contributed by atoms with Gasteiger partial charge in [0.2, 0.25) is 88.6 Å². The molecule has 1 aliphatic heterocycles. The molecule has 13 atom stereocenters. The highest BCUT2D eigenvalue weighted by atomic mass is 32.2. The van der Waals surface area contributed by atoms with Gasteiger partial charge in [0.1, 0.15) is 78.3 Å². The van der Waals surface area contributed by atoms with E-state index in [4.69, 9.17) is 33.4 Å². The first-order valence-corrected chi connectivity index (χ1v) is 38.0. The summed E-state index contributed by atoms with van der Waals surface area (Å²) in [6.07, 6.45) is -6.36. The number of aliphatic carboxylic acids is 1. The largest absolute Gasteiger partial charge is 0.492 e. The number of para-hydroxylation sites is 1. The molecule has 1 aromatic heterocycles.